The van der Waals surface area contributed by atoms with Crippen LogP contribution in [0, 0.1) is 6.92 Å². The fraction of sp³-hybridized carbons (Fsp3) is 0.321. The predicted molar refractivity (Wildman–Crippen MR) is 137 cm³/mol. The summed E-state index contributed by atoms with van der Waals surface area (Å²) < 4.78 is 11.6. The van der Waals surface area contributed by atoms with Crippen molar-refractivity contribution in [1.82, 2.24) is 15.1 Å². The number of nitrogens with one attached hydrogen (secondary N) is 1. The molecule has 1 N–H and O–H groups in total. The summed E-state index contributed by atoms with van der Waals surface area (Å²) >= 11 is 6.25. The number of furan rings is 1. The first-order valence-corrected chi connectivity index (χ1v) is 12.6. The van der Waals surface area contributed by atoms with Crippen LogP contribution in [0.4, 0.5) is 0 Å². The lowest BCUT2D eigenvalue weighted by Crippen LogP contribution is -2.59. The van der Waals surface area contributed by atoms with E-state index >= 15 is 0 Å². The van der Waals surface area contributed by atoms with Crippen LogP contribution in [-0.2, 0) is 16.1 Å². The Labute approximate surface area is 220 Å². The van der Waals surface area contributed by atoms with Gasteiger partial charge in [0.1, 0.15) is 17.5 Å². The molecule has 2 aromatic carbocycles. The van der Waals surface area contributed by atoms with Crippen molar-refractivity contribution in [2.75, 3.05) is 19.7 Å². The third-order valence-electron chi connectivity index (χ3n) is 7.11. The van der Waals surface area contributed by atoms with Crippen molar-refractivity contribution in [1.29, 1.82) is 0 Å². The number of aryl methyl sites for hydroxylation is 1. The highest BCUT2D eigenvalue weighted by Gasteiger charge is 2.54. The number of hydrogen-bond acceptors (Lipinski definition) is 5. The van der Waals surface area contributed by atoms with E-state index < -0.39 is 11.8 Å². The Balaban J connectivity index is 1.38. The molecule has 192 valence electrons. The standard InChI is InChI=1S/C28H28ClN3O5/c1-19-7-2-3-9-21(19)27(35)32-24(25(33)30-17-20-8-6-16-36-20)18-37-28(32)12-14-31(15-13-28)26(34)22-10-4-5-11-23(22)29/h2-11,16,24H,12-15,17-18H2,1H3,(H,30,33)/t24-/m0/s1. The summed E-state index contributed by atoms with van der Waals surface area (Å²) in [5, 5.41) is 3.27. The third-order valence-corrected chi connectivity index (χ3v) is 7.44. The van der Waals surface area contributed by atoms with Crippen LogP contribution in [-0.4, -0.2) is 59.0 Å². The molecule has 2 fully saturated rings. The van der Waals surface area contributed by atoms with E-state index in [4.69, 9.17) is 20.8 Å². The molecule has 3 amide bonds. The van der Waals surface area contributed by atoms with Crippen molar-refractivity contribution in [3.05, 3.63) is 94.4 Å². The molecule has 9 heteroatoms. The molecule has 2 aliphatic rings. The van der Waals surface area contributed by atoms with Crippen molar-refractivity contribution in [2.45, 2.75) is 38.1 Å². The quantitative estimate of drug-likeness (QED) is 0.547. The molecule has 2 saturated heterocycles. The number of hydrogen-bond donors (Lipinski definition) is 1. The number of ether oxygens (including phenoxy) is 1. The van der Waals surface area contributed by atoms with E-state index in [2.05, 4.69) is 5.32 Å². The number of carbonyl (C=O) groups is 3. The third kappa shape index (κ3) is 4.86. The summed E-state index contributed by atoms with van der Waals surface area (Å²) in [6.07, 6.45) is 2.30. The van der Waals surface area contributed by atoms with Gasteiger partial charge in [-0.1, -0.05) is 41.9 Å². The highest BCUT2D eigenvalue weighted by molar-refractivity contribution is 6.33. The fourth-order valence-corrected chi connectivity index (χ4v) is 5.30. The second kappa shape index (κ2) is 10.4. The zero-order valence-electron chi connectivity index (χ0n) is 20.5. The number of rotatable bonds is 5. The Kier molecular flexibility index (Phi) is 7.04. The molecule has 8 nitrogen and oxygen atoms in total. The molecule has 0 bridgehead atoms. The number of likely N-dealkylation sites (tertiary alicyclic amines) is 1. The Hall–Kier alpha value is -3.62. The van der Waals surface area contributed by atoms with E-state index in [1.54, 1.807) is 64.6 Å². The Bertz CT molecular complexity index is 1300. The number of halogens is 1. The lowest BCUT2D eigenvalue weighted by atomic mass is 9.95. The zero-order chi connectivity index (χ0) is 26.0. The van der Waals surface area contributed by atoms with Crippen molar-refractivity contribution in [3.8, 4) is 0 Å². The average molecular weight is 522 g/mol. The highest BCUT2D eigenvalue weighted by atomic mass is 35.5. The summed E-state index contributed by atoms with van der Waals surface area (Å²) in [6, 6.07) is 17.0. The van der Waals surface area contributed by atoms with Gasteiger partial charge in [0, 0.05) is 31.5 Å². The van der Waals surface area contributed by atoms with Gasteiger partial charge in [-0.25, -0.2) is 0 Å². The van der Waals surface area contributed by atoms with Crippen LogP contribution in [0.5, 0.6) is 0 Å². The number of piperidine rings is 1. The molecule has 3 aromatic rings. The Morgan fingerprint density at radius 3 is 2.35 bits per heavy atom. The lowest BCUT2D eigenvalue weighted by molar-refractivity contribution is -0.128. The van der Waals surface area contributed by atoms with Gasteiger partial charge in [0.25, 0.3) is 11.8 Å². The maximum absolute atomic E-state index is 13.9. The van der Waals surface area contributed by atoms with Crippen molar-refractivity contribution >= 4 is 29.3 Å². The van der Waals surface area contributed by atoms with E-state index in [0.717, 1.165) is 5.56 Å². The molecule has 3 heterocycles. The van der Waals surface area contributed by atoms with Gasteiger partial charge in [0.2, 0.25) is 5.91 Å². The average Bonchev–Trinajstić information content (AvgIpc) is 3.56. The second-order valence-electron chi connectivity index (χ2n) is 9.33. The van der Waals surface area contributed by atoms with Gasteiger partial charge in [0.15, 0.2) is 0 Å². The van der Waals surface area contributed by atoms with Gasteiger partial charge in [-0.3, -0.25) is 19.3 Å². The Morgan fingerprint density at radius 2 is 1.68 bits per heavy atom. The minimum absolute atomic E-state index is 0.0695. The molecule has 1 atom stereocenters. The van der Waals surface area contributed by atoms with Gasteiger partial charge in [-0.15, -0.1) is 0 Å². The van der Waals surface area contributed by atoms with Crippen LogP contribution in [0.25, 0.3) is 0 Å². The fourth-order valence-electron chi connectivity index (χ4n) is 5.08. The van der Waals surface area contributed by atoms with Crippen LogP contribution in [0.1, 0.15) is 44.9 Å². The summed E-state index contributed by atoms with van der Waals surface area (Å²) in [4.78, 5) is 43.6. The number of carbonyl (C=O) groups excluding carboxylic acids is 3. The minimum atomic E-state index is -0.997. The van der Waals surface area contributed by atoms with Crippen LogP contribution in [0.3, 0.4) is 0 Å². The molecule has 0 radical (unpaired) electrons. The van der Waals surface area contributed by atoms with Crippen LogP contribution in [0.2, 0.25) is 5.02 Å². The topological polar surface area (TPSA) is 92.1 Å². The number of nitrogens with zero attached hydrogens (tertiary/aromatic N) is 2. The van der Waals surface area contributed by atoms with E-state index in [1.807, 2.05) is 19.1 Å². The highest BCUT2D eigenvalue weighted by Crippen LogP contribution is 2.39. The lowest BCUT2D eigenvalue weighted by Gasteiger charge is -2.44. The van der Waals surface area contributed by atoms with Crippen LogP contribution in [0.15, 0.2) is 71.3 Å². The van der Waals surface area contributed by atoms with Gasteiger partial charge in [-0.05, 0) is 42.8 Å². The first-order chi connectivity index (χ1) is 17.9. The van der Waals surface area contributed by atoms with Gasteiger partial charge in [-0.2, -0.15) is 0 Å². The van der Waals surface area contributed by atoms with E-state index in [-0.39, 0.29) is 30.9 Å². The number of benzene rings is 2. The minimum Gasteiger partial charge on any atom is -0.467 e. The molecule has 0 saturated carbocycles. The van der Waals surface area contributed by atoms with Gasteiger partial charge in [0.05, 0.1) is 30.0 Å². The van der Waals surface area contributed by atoms with Crippen molar-refractivity contribution < 1.29 is 23.5 Å². The monoisotopic (exact) mass is 521 g/mol. The molecule has 1 spiro atoms. The zero-order valence-corrected chi connectivity index (χ0v) is 21.2. The van der Waals surface area contributed by atoms with Crippen LogP contribution < -0.4 is 5.32 Å². The van der Waals surface area contributed by atoms with E-state index in [9.17, 15) is 14.4 Å². The summed E-state index contributed by atoms with van der Waals surface area (Å²) in [7, 11) is 0. The first kappa shape index (κ1) is 25.0. The molecule has 2 aliphatic heterocycles. The second-order valence-corrected chi connectivity index (χ2v) is 9.74. The first-order valence-electron chi connectivity index (χ1n) is 12.3. The molecule has 37 heavy (non-hydrogen) atoms. The summed E-state index contributed by atoms with van der Waals surface area (Å²) in [5.41, 5.74) is 0.778. The van der Waals surface area contributed by atoms with Crippen molar-refractivity contribution in [3.63, 3.8) is 0 Å². The summed E-state index contributed by atoms with van der Waals surface area (Å²) in [5.74, 6) is -0.127. The largest absolute Gasteiger partial charge is 0.467 e. The molecular formula is C28H28ClN3O5. The predicted octanol–water partition coefficient (Wildman–Crippen LogP) is 4.03. The van der Waals surface area contributed by atoms with Crippen LogP contribution >= 0.6 is 11.6 Å². The molecule has 5 rings (SSSR count). The van der Waals surface area contributed by atoms with E-state index in [1.165, 1.54) is 0 Å². The van der Waals surface area contributed by atoms with Crippen molar-refractivity contribution in [2.24, 2.45) is 0 Å². The van der Waals surface area contributed by atoms with Gasteiger partial charge >= 0.3 is 0 Å². The smallest absolute Gasteiger partial charge is 0.257 e. The van der Waals surface area contributed by atoms with E-state index in [0.29, 0.717) is 47.8 Å². The molecule has 0 unspecified atom stereocenters. The van der Waals surface area contributed by atoms with Gasteiger partial charge < -0.3 is 19.4 Å². The Morgan fingerprint density at radius 1 is 0.973 bits per heavy atom. The number of amides is 3. The molecular weight excluding hydrogens is 494 g/mol. The molecule has 1 aromatic heterocycles. The SMILES string of the molecule is Cc1ccccc1C(=O)N1[C@H](C(=O)NCc2ccco2)COC12CCN(C(=O)c1ccccc1Cl)CC2. The normalized spacial score (nSPS) is 18.7. The molecule has 0 aliphatic carbocycles. The maximum atomic E-state index is 13.9. The maximum Gasteiger partial charge on any atom is 0.257 e. The summed E-state index contributed by atoms with van der Waals surface area (Å²) in [6.45, 7) is 2.88.